The summed E-state index contributed by atoms with van der Waals surface area (Å²) >= 11 is 0. The zero-order valence-electron chi connectivity index (χ0n) is 22.6. The van der Waals surface area contributed by atoms with Crippen molar-refractivity contribution < 1.29 is 33.2 Å². The van der Waals surface area contributed by atoms with Crippen molar-refractivity contribution >= 4 is 34.4 Å². The highest BCUT2D eigenvalue weighted by Gasteiger charge is 2.65. The van der Waals surface area contributed by atoms with Gasteiger partial charge in [-0.1, -0.05) is 48.5 Å². The van der Waals surface area contributed by atoms with E-state index in [4.69, 9.17) is 14.0 Å². The number of Topliss-reactive ketones (excluding diaryl/α,β-unsaturated/α-hetero) is 3. The standard InChI is InChI=1S/C33H27NO7/c1-17-24-10-19(15-35)8-9-20(24)11-21-12-22-13-23-14-25-28(32(34-41-25)40-16-18-6-4-3-5-7-18)31(38)33(23,39-2)30(37)27(22)29(36)26(17)21/h3-11,15,22-23,27H,12-14,16H2,1-2H3. The first-order valence-electron chi connectivity index (χ1n) is 13.7. The molecule has 4 aromatic rings. The molecule has 4 unspecified atom stereocenters. The third-order valence-corrected chi connectivity index (χ3v) is 9.20. The summed E-state index contributed by atoms with van der Waals surface area (Å²) in [4.78, 5) is 54.1. The molecule has 0 bridgehead atoms. The summed E-state index contributed by atoms with van der Waals surface area (Å²) in [7, 11) is 1.35. The number of ketones is 3. The molecule has 0 aliphatic heterocycles. The molecule has 7 rings (SSSR count). The molecule has 8 nitrogen and oxygen atoms in total. The Kier molecular flexibility index (Phi) is 5.80. The van der Waals surface area contributed by atoms with Crippen LogP contribution >= 0.6 is 0 Å². The van der Waals surface area contributed by atoms with Gasteiger partial charge in [0.05, 0.1) is 5.92 Å². The second kappa shape index (κ2) is 9.31. The average Bonchev–Trinajstić information content (AvgIpc) is 3.39. The Hall–Kier alpha value is -4.43. The van der Waals surface area contributed by atoms with E-state index in [-0.39, 0.29) is 36.2 Å². The minimum atomic E-state index is -1.83. The molecule has 0 amide bonds. The second-order valence-corrected chi connectivity index (χ2v) is 11.3. The van der Waals surface area contributed by atoms with Gasteiger partial charge in [-0.25, -0.2) is 0 Å². The molecule has 0 spiro atoms. The maximum absolute atomic E-state index is 14.4. The molecule has 1 heterocycles. The quantitative estimate of drug-likeness (QED) is 0.255. The van der Waals surface area contributed by atoms with Crippen LogP contribution in [0.4, 0.5) is 0 Å². The molecule has 4 atom stereocenters. The van der Waals surface area contributed by atoms with Gasteiger partial charge >= 0.3 is 0 Å². The average molecular weight is 550 g/mol. The summed E-state index contributed by atoms with van der Waals surface area (Å²) in [6.07, 6.45) is 2.03. The van der Waals surface area contributed by atoms with Gasteiger partial charge in [0.1, 0.15) is 18.5 Å². The third kappa shape index (κ3) is 3.60. The molecular formula is C33H27NO7. The second-order valence-electron chi connectivity index (χ2n) is 11.3. The Morgan fingerprint density at radius 3 is 2.61 bits per heavy atom. The van der Waals surface area contributed by atoms with E-state index in [1.54, 1.807) is 12.1 Å². The maximum Gasteiger partial charge on any atom is 0.265 e. The van der Waals surface area contributed by atoms with Crippen LogP contribution in [-0.2, 0) is 29.0 Å². The first kappa shape index (κ1) is 25.5. The molecule has 3 aliphatic carbocycles. The van der Waals surface area contributed by atoms with E-state index in [2.05, 4.69) is 5.16 Å². The third-order valence-electron chi connectivity index (χ3n) is 9.20. The van der Waals surface area contributed by atoms with E-state index in [1.807, 2.05) is 49.4 Å². The van der Waals surface area contributed by atoms with E-state index >= 15 is 0 Å². The lowest BCUT2D eigenvalue weighted by molar-refractivity contribution is -0.153. The number of fused-ring (bicyclic) bond motifs is 5. The van der Waals surface area contributed by atoms with E-state index in [9.17, 15) is 19.2 Å². The first-order valence-corrected chi connectivity index (χ1v) is 13.7. The maximum atomic E-state index is 14.4. The number of aldehydes is 1. The van der Waals surface area contributed by atoms with Crippen LogP contribution in [0.5, 0.6) is 5.88 Å². The van der Waals surface area contributed by atoms with Gasteiger partial charge < -0.3 is 14.0 Å². The molecule has 1 aromatic heterocycles. The van der Waals surface area contributed by atoms with Crippen molar-refractivity contribution in [1.29, 1.82) is 0 Å². The van der Waals surface area contributed by atoms with Crippen LogP contribution in [0.3, 0.4) is 0 Å². The Labute approximate surface area is 235 Å². The fourth-order valence-corrected chi connectivity index (χ4v) is 7.31. The van der Waals surface area contributed by atoms with E-state index in [0.29, 0.717) is 29.7 Å². The molecule has 0 saturated heterocycles. The topological polar surface area (TPSA) is 113 Å². The molecular weight excluding hydrogens is 522 g/mol. The molecule has 8 heteroatoms. The van der Waals surface area contributed by atoms with Crippen LogP contribution in [0, 0.1) is 24.7 Å². The summed E-state index contributed by atoms with van der Waals surface area (Å²) < 4.78 is 17.3. The largest absolute Gasteiger partial charge is 0.470 e. The lowest BCUT2D eigenvalue weighted by Crippen LogP contribution is -2.65. The molecule has 41 heavy (non-hydrogen) atoms. The van der Waals surface area contributed by atoms with Gasteiger partial charge in [0.25, 0.3) is 5.88 Å². The van der Waals surface area contributed by atoms with Crippen LogP contribution < -0.4 is 4.74 Å². The van der Waals surface area contributed by atoms with Crippen molar-refractivity contribution in [2.45, 2.75) is 38.4 Å². The summed E-state index contributed by atoms with van der Waals surface area (Å²) in [5.41, 5.74) is 1.81. The van der Waals surface area contributed by atoms with Gasteiger partial charge in [-0.05, 0) is 64.4 Å². The van der Waals surface area contributed by atoms with Crippen molar-refractivity contribution in [3.8, 4) is 5.88 Å². The Morgan fingerprint density at radius 2 is 1.85 bits per heavy atom. The number of rotatable bonds is 5. The predicted molar refractivity (Wildman–Crippen MR) is 147 cm³/mol. The minimum Gasteiger partial charge on any atom is -0.470 e. The number of benzene rings is 3. The van der Waals surface area contributed by atoms with E-state index < -0.39 is 29.0 Å². The monoisotopic (exact) mass is 549 g/mol. The predicted octanol–water partition coefficient (Wildman–Crippen LogP) is 4.91. The lowest BCUT2D eigenvalue weighted by Gasteiger charge is -2.49. The van der Waals surface area contributed by atoms with Crippen molar-refractivity contribution in [3.63, 3.8) is 0 Å². The number of methoxy groups -OCH3 is 1. The zero-order valence-corrected chi connectivity index (χ0v) is 22.6. The number of hydrogen-bond donors (Lipinski definition) is 0. The van der Waals surface area contributed by atoms with E-state index in [1.165, 1.54) is 7.11 Å². The highest BCUT2D eigenvalue weighted by molar-refractivity contribution is 6.27. The number of hydrogen-bond acceptors (Lipinski definition) is 8. The Bertz CT molecular complexity index is 1770. The summed E-state index contributed by atoms with van der Waals surface area (Å²) in [6.45, 7) is 2.02. The van der Waals surface area contributed by atoms with Crippen molar-refractivity contribution in [2.24, 2.45) is 17.8 Å². The molecule has 0 N–H and O–H groups in total. The van der Waals surface area contributed by atoms with Gasteiger partial charge in [0.2, 0.25) is 5.78 Å². The lowest BCUT2D eigenvalue weighted by atomic mass is 9.55. The van der Waals surface area contributed by atoms with Crippen LogP contribution in [0.15, 0.2) is 59.1 Å². The molecule has 206 valence electrons. The number of ether oxygens (including phenoxy) is 2. The minimum absolute atomic E-state index is 0.0206. The van der Waals surface area contributed by atoms with Crippen LogP contribution in [-0.4, -0.2) is 41.5 Å². The number of carbonyl (C=O) groups is 4. The smallest absolute Gasteiger partial charge is 0.265 e. The molecule has 1 fully saturated rings. The summed E-state index contributed by atoms with van der Waals surface area (Å²) in [5, 5.41) is 5.77. The van der Waals surface area contributed by atoms with Gasteiger partial charge in [-0.2, -0.15) is 0 Å². The van der Waals surface area contributed by atoms with Crippen molar-refractivity contribution in [1.82, 2.24) is 5.16 Å². The van der Waals surface area contributed by atoms with E-state index in [0.717, 1.165) is 33.7 Å². The van der Waals surface area contributed by atoms with Crippen LogP contribution in [0.25, 0.3) is 10.8 Å². The highest BCUT2D eigenvalue weighted by atomic mass is 16.5. The van der Waals surface area contributed by atoms with Crippen molar-refractivity contribution in [2.75, 3.05) is 7.11 Å². The summed E-state index contributed by atoms with van der Waals surface area (Å²) in [5.74, 6) is -2.76. The number of aryl methyl sites for hydroxylation is 1. The number of carbonyl (C=O) groups excluding carboxylic acids is 4. The Balaban J connectivity index is 1.27. The molecule has 3 aliphatic rings. The van der Waals surface area contributed by atoms with Gasteiger partial charge in [-0.15, -0.1) is 0 Å². The van der Waals surface area contributed by atoms with Gasteiger partial charge in [0.15, 0.2) is 22.9 Å². The fraction of sp³-hybridized carbons (Fsp3) is 0.303. The van der Waals surface area contributed by atoms with Crippen LogP contribution in [0.1, 0.15) is 59.9 Å². The SMILES string of the molecule is COC12C(=O)c3c(OCc4ccccc4)noc3CC1CC1Cc3cc4ccc(C=O)cc4c(C)c3C(=O)C1C2=O. The normalized spacial score (nSPS) is 24.8. The van der Waals surface area contributed by atoms with Gasteiger partial charge in [0, 0.05) is 30.6 Å². The fourth-order valence-electron chi connectivity index (χ4n) is 7.31. The molecule has 0 radical (unpaired) electrons. The highest BCUT2D eigenvalue weighted by Crippen LogP contribution is 2.52. The molecule has 1 saturated carbocycles. The first-order chi connectivity index (χ1) is 19.9. The Morgan fingerprint density at radius 1 is 1.05 bits per heavy atom. The summed E-state index contributed by atoms with van der Waals surface area (Å²) in [6, 6.07) is 16.8. The van der Waals surface area contributed by atoms with Gasteiger partial charge in [-0.3, -0.25) is 19.2 Å². The number of aromatic nitrogens is 1. The number of nitrogens with zero attached hydrogens (tertiary/aromatic N) is 1. The zero-order chi connectivity index (χ0) is 28.5. The molecule has 3 aromatic carbocycles. The van der Waals surface area contributed by atoms with Crippen molar-refractivity contribution in [3.05, 3.63) is 93.7 Å². The van der Waals surface area contributed by atoms with Crippen LogP contribution in [0.2, 0.25) is 0 Å².